The van der Waals surface area contributed by atoms with Gasteiger partial charge in [0.25, 0.3) is 0 Å². The van der Waals surface area contributed by atoms with E-state index in [4.69, 9.17) is 4.74 Å². The second-order valence-electron chi connectivity index (χ2n) is 4.01. The highest BCUT2D eigenvalue weighted by molar-refractivity contribution is 5.52. The van der Waals surface area contributed by atoms with E-state index >= 15 is 0 Å². The van der Waals surface area contributed by atoms with Crippen LogP contribution >= 0.6 is 0 Å². The predicted molar refractivity (Wildman–Crippen MR) is 62.8 cm³/mol. The minimum Gasteiger partial charge on any atom is -0.491 e. The molecule has 1 aliphatic heterocycles. The van der Waals surface area contributed by atoms with Crippen molar-refractivity contribution < 1.29 is 4.74 Å². The number of ether oxygens (including phenoxy) is 1. The van der Waals surface area contributed by atoms with E-state index in [0.29, 0.717) is 6.04 Å². The lowest BCUT2D eigenvalue weighted by Crippen LogP contribution is -2.35. The number of aryl methyl sites for hydroxylation is 1. The summed E-state index contributed by atoms with van der Waals surface area (Å²) in [7, 11) is 1.65. The number of methoxy groups -OCH3 is 1. The molecule has 88 valence electrons. The predicted octanol–water partition coefficient (Wildman–Crippen LogP) is 0.958. The number of hydrogen-bond acceptors (Lipinski definition) is 5. The van der Waals surface area contributed by atoms with E-state index < -0.39 is 0 Å². The molecule has 16 heavy (non-hydrogen) atoms. The molecule has 0 bridgehead atoms. The van der Waals surface area contributed by atoms with E-state index in [1.807, 2.05) is 6.92 Å². The summed E-state index contributed by atoms with van der Waals surface area (Å²) in [5.41, 5.74) is 0.869. The quantitative estimate of drug-likeness (QED) is 0.797. The summed E-state index contributed by atoms with van der Waals surface area (Å²) in [5.74, 6) is 1.56. The van der Waals surface area contributed by atoms with Gasteiger partial charge in [0.1, 0.15) is 6.33 Å². The third kappa shape index (κ3) is 2.41. The summed E-state index contributed by atoms with van der Waals surface area (Å²) >= 11 is 0. The maximum absolute atomic E-state index is 5.31. The van der Waals surface area contributed by atoms with E-state index in [1.54, 1.807) is 13.4 Å². The fraction of sp³-hybridized carbons (Fsp3) is 0.636. The first kappa shape index (κ1) is 11.1. The minimum absolute atomic E-state index is 0.476. The van der Waals surface area contributed by atoms with Crippen molar-refractivity contribution in [3.05, 3.63) is 12.0 Å². The average Bonchev–Trinajstić information content (AvgIpc) is 2.31. The van der Waals surface area contributed by atoms with Crippen LogP contribution in [0.4, 0.5) is 5.82 Å². The third-order valence-electron chi connectivity index (χ3n) is 2.87. The molecule has 0 unspecified atom stereocenters. The van der Waals surface area contributed by atoms with Gasteiger partial charge in [-0.15, -0.1) is 0 Å². The standard InChI is InChI=1S/C11H18N4O/c1-8-10(16-2)11(14-7-13-8)15-9-3-5-12-6-4-9/h7,9,12H,3-6H2,1-2H3,(H,13,14,15). The summed E-state index contributed by atoms with van der Waals surface area (Å²) in [5, 5.41) is 6.76. The second-order valence-corrected chi connectivity index (χ2v) is 4.01. The van der Waals surface area contributed by atoms with Crippen molar-refractivity contribution in [1.29, 1.82) is 0 Å². The van der Waals surface area contributed by atoms with Crippen LogP contribution in [-0.2, 0) is 0 Å². The zero-order valence-electron chi connectivity index (χ0n) is 9.79. The molecular weight excluding hydrogens is 204 g/mol. The molecule has 0 saturated carbocycles. The Morgan fingerprint density at radius 1 is 1.38 bits per heavy atom. The number of anilines is 1. The third-order valence-corrected chi connectivity index (χ3v) is 2.87. The molecule has 1 aromatic rings. The second kappa shape index (κ2) is 5.12. The van der Waals surface area contributed by atoms with Crippen molar-refractivity contribution in [3.8, 4) is 5.75 Å². The summed E-state index contributed by atoms with van der Waals surface area (Å²) in [6.45, 7) is 4.04. The molecule has 2 rings (SSSR count). The Morgan fingerprint density at radius 2 is 2.12 bits per heavy atom. The first-order valence-corrected chi connectivity index (χ1v) is 5.64. The van der Waals surface area contributed by atoms with Gasteiger partial charge in [-0.05, 0) is 32.9 Å². The molecule has 1 fully saturated rings. The molecule has 0 radical (unpaired) electrons. The van der Waals surface area contributed by atoms with E-state index in [0.717, 1.165) is 43.2 Å². The maximum atomic E-state index is 5.31. The molecule has 0 spiro atoms. The summed E-state index contributed by atoms with van der Waals surface area (Å²) in [4.78, 5) is 8.35. The molecule has 2 N–H and O–H groups in total. The number of nitrogens with one attached hydrogen (secondary N) is 2. The molecular formula is C11H18N4O. The topological polar surface area (TPSA) is 59.1 Å². The Morgan fingerprint density at radius 3 is 2.81 bits per heavy atom. The van der Waals surface area contributed by atoms with Gasteiger partial charge in [0.05, 0.1) is 12.8 Å². The molecule has 0 atom stereocenters. The first-order chi connectivity index (χ1) is 7.81. The maximum Gasteiger partial charge on any atom is 0.182 e. The number of piperidine rings is 1. The number of aromatic nitrogens is 2. The lowest BCUT2D eigenvalue weighted by molar-refractivity contribution is 0.406. The highest BCUT2D eigenvalue weighted by Gasteiger charge is 2.16. The van der Waals surface area contributed by atoms with Gasteiger partial charge in [-0.3, -0.25) is 0 Å². The van der Waals surface area contributed by atoms with Crippen LogP contribution in [0.3, 0.4) is 0 Å². The fourth-order valence-electron chi connectivity index (χ4n) is 1.97. The van der Waals surface area contributed by atoms with E-state index in [2.05, 4.69) is 20.6 Å². The van der Waals surface area contributed by atoms with Crippen LogP contribution in [0, 0.1) is 6.92 Å². The molecule has 2 heterocycles. The number of hydrogen-bond donors (Lipinski definition) is 2. The highest BCUT2D eigenvalue weighted by Crippen LogP contribution is 2.25. The lowest BCUT2D eigenvalue weighted by atomic mass is 10.1. The SMILES string of the molecule is COc1c(C)ncnc1NC1CCNCC1. The van der Waals surface area contributed by atoms with Gasteiger partial charge >= 0.3 is 0 Å². The lowest BCUT2D eigenvalue weighted by Gasteiger charge is -2.24. The van der Waals surface area contributed by atoms with Crippen LogP contribution in [0.1, 0.15) is 18.5 Å². The molecule has 5 heteroatoms. The Balaban J connectivity index is 2.10. The smallest absolute Gasteiger partial charge is 0.182 e. The molecule has 5 nitrogen and oxygen atoms in total. The molecule has 1 saturated heterocycles. The highest BCUT2D eigenvalue weighted by atomic mass is 16.5. The molecule has 1 aliphatic rings. The molecule has 1 aromatic heterocycles. The van der Waals surface area contributed by atoms with Crippen LogP contribution < -0.4 is 15.4 Å². The fourth-order valence-corrected chi connectivity index (χ4v) is 1.97. The van der Waals surface area contributed by atoms with Gasteiger partial charge in [0, 0.05) is 6.04 Å². The first-order valence-electron chi connectivity index (χ1n) is 5.64. The number of rotatable bonds is 3. The zero-order valence-corrected chi connectivity index (χ0v) is 9.79. The van der Waals surface area contributed by atoms with Crippen molar-refractivity contribution in [3.63, 3.8) is 0 Å². The van der Waals surface area contributed by atoms with Crippen LogP contribution in [-0.4, -0.2) is 36.2 Å². The van der Waals surface area contributed by atoms with Crippen molar-refractivity contribution in [2.75, 3.05) is 25.5 Å². The van der Waals surface area contributed by atoms with Gasteiger partial charge < -0.3 is 15.4 Å². The van der Waals surface area contributed by atoms with Gasteiger partial charge in [-0.2, -0.15) is 0 Å². The van der Waals surface area contributed by atoms with Gasteiger partial charge in [-0.25, -0.2) is 9.97 Å². The summed E-state index contributed by atoms with van der Waals surface area (Å²) < 4.78 is 5.31. The Bertz CT molecular complexity index is 350. The Labute approximate surface area is 95.6 Å². The summed E-state index contributed by atoms with van der Waals surface area (Å²) in [6.07, 6.45) is 3.81. The van der Waals surface area contributed by atoms with Crippen LogP contribution in [0.5, 0.6) is 5.75 Å². The van der Waals surface area contributed by atoms with Crippen LogP contribution in [0.2, 0.25) is 0 Å². The normalized spacial score (nSPS) is 17.1. The van der Waals surface area contributed by atoms with Gasteiger partial charge in [-0.1, -0.05) is 0 Å². The van der Waals surface area contributed by atoms with E-state index in [9.17, 15) is 0 Å². The van der Waals surface area contributed by atoms with E-state index in [1.165, 1.54) is 0 Å². The van der Waals surface area contributed by atoms with Crippen LogP contribution in [0.15, 0.2) is 6.33 Å². The van der Waals surface area contributed by atoms with Gasteiger partial charge in [0.2, 0.25) is 0 Å². The monoisotopic (exact) mass is 222 g/mol. The molecule has 0 amide bonds. The Kier molecular flexibility index (Phi) is 3.56. The largest absolute Gasteiger partial charge is 0.491 e. The molecule has 0 aliphatic carbocycles. The van der Waals surface area contributed by atoms with Crippen molar-refractivity contribution in [2.24, 2.45) is 0 Å². The van der Waals surface area contributed by atoms with Crippen LogP contribution in [0.25, 0.3) is 0 Å². The van der Waals surface area contributed by atoms with Crippen molar-refractivity contribution in [2.45, 2.75) is 25.8 Å². The van der Waals surface area contributed by atoms with Crippen molar-refractivity contribution in [1.82, 2.24) is 15.3 Å². The van der Waals surface area contributed by atoms with Crippen molar-refractivity contribution >= 4 is 5.82 Å². The van der Waals surface area contributed by atoms with E-state index in [-0.39, 0.29) is 0 Å². The molecule has 0 aromatic carbocycles. The summed E-state index contributed by atoms with van der Waals surface area (Å²) in [6, 6.07) is 0.476. The average molecular weight is 222 g/mol. The Hall–Kier alpha value is -1.36. The number of nitrogens with zero attached hydrogens (tertiary/aromatic N) is 2. The minimum atomic E-state index is 0.476. The zero-order chi connectivity index (χ0) is 11.4. The van der Waals surface area contributed by atoms with Gasteiger partial charge in [0.15, 0.2) is 11.6 Å².